The Labute approximate surface area is 121 Å². The molecule has 0 aliphatic carbocycles. The second-order valence-electron chi connectivity index (χ2n) is 4.51. The van der Waals surface area contributed by atoms with Crippen LogP contribution < -0.4 is 5.32 Å². The number of rotatable bonds is 3. The summed E-state index contributed by atoms with van der Waals surface area (Å²) in [5.41, 5.74) is 1.92. The fourth-order valence-electron chi connectivity index (χ4n) is 2.00. The summed E-state index contributed by atoms with van der Waals surface area (Å²) in [6.45, 7) is 0. The van der Waals surface area contributed by atoms with E-state index < -0.39 is 0 Å². The van der Waals surface area contributed by atoms with Crippen LogP contribution in [0.15, 0.2) is 67.0 Å². The zero-order chi connectivity index (χ0) is 14.7. The lowest BCUT2D eigenvalue weighted by Crippen LogP contribution is -2.12. The fourth-order valence-corrected chi connectivity index (χ4v) is 2.00. The fraction of sp³-hybridized carbons (Fsp3) is 0. The highest BCUT2D eigenvalue weighted by molar-refractivity contribution is 6.04. The minimum Gasteiger partial charge on any atom is -0.508 e. The highest BCUT2D eigenvalue weighted by Gasteiger charge is 2.07. The molecule has 0 aliphatic rings. The molecule has 0 aliphatic heterocycles. The van der Waals surface area contributed by atoms with Crippen molar-refractivity contribution in [2.45, 2.75) is 0 Å². The molecule has 3 aromatic rings. The molecular formula is C16H13N3O2. The van der Waals surface area contributed by atoms with E-state index in [-0.39, 0.29) is 11.7 Å². The molecule has 1 amide bonds. The van der Waals surface area contributed by atoms with Gasteiger partial charge in [-0.25, -0.2) is 4.68 Å². The zero-order valence-electron chi connectivity index (χ0n) is 11.1. The number of phenols is 1. The van der Waals surface area contributed by atoms with E-state index in [1.54, 1.807) is 29.1 Å². The Morgan fingerprint density at radius 3 is 2.71 bits per heavy atom. The van der Waals surface area contributed by atoms with Crippen LogP contribution in [0.5, 0.6) is 5.75 Å². The smallest absolute Gasteiger partial charge is 0.255 e. The van der Waals surface area contributed by atoms with Gasteiger partial charge in [0, 0.05) is 23.6 Å². The molecule has 2 aromatic carbocycles. The van der Waals surface area contributed by atoms with Gasteiger partial charge in [-0.2, -0.15) is 5.10 Å². The number of benzene rings is 2. The van der Waals surface area contributed by atoms with Crippen molar-refractivity contribution in [3.05, 3.63) is 72.6 Å². The summed E-state index contributed by atoms with van der Waals surface area (Å²) in [6.07, 6.45) is 3.52. The van der Waals surface area contributed by atoms with Crippen molar-refractivity contribution in [1.82, 2.24) is 9.78 Å². The maximum absolute atomic E-state index is 12.1. The molecular weight excluding hydrogens is 266 g/mol. The van der Waals surface area contributed by atoms with Gasteiger partial charge in [0.25, 0.3) is 5.91 Å². The lowest BCUT2D eigenvalue weighted by molar-refractivity contribution is 0.102. The zero-order valence-corrected chi connectivity index (χ0v) is 11.1. The quantitative estimate of drug-likeness (QED) is 0.774. The molecule has 0 fully saturated rings. The van der Waals surface area contributed by atoms with E-state index in [1.807, 2.05) is 30.5 Å². The number of hydrogen-bond donors (Lipinski definition) is 2. The van der Waals surface area contributed by atoms with Crippen LogP contribution in [0.1, 0.15) is 10.4 Å². The molecule has 0 saturated heterocycles. The predicted molar refractivity (Wildman–Crippen MR) is 79.6 cm³/mol. The topological polar surface area (TPSA) is 67.2 Å². The van der Waals surface area contributed by atoms with Crippen LogP contribution in [0.3, 0.4) is 0 Å². The Morgan fingerprint density at radius 1 is 1.10 bits per heavy atom. The van der Waals surface area contributed by atoms with E-state index in [1.165, 1.54) is 12.1 Å². The lowest BCUT2D eigenvalue weighted by Gasteiger charge is -2.08. The van der Waals surface area contributed by atoms with Crippen LogP contribution in [0.4, 0.5) is 5.69 Å². The number of amides is 1. The number of phenolic OH excluding ortho intramolecular Hbond substituents is 1. The maximum atomic E-state index is 12.1. The first-order valence-corrected chi connectivity index (χ1v) is 6.43. The van der Waals surface area contributed by atoms with Gasteiger partial charge in [-0.1, -0.05) is 12.1 Å². The van der Waals surface area contributed by atoms with E-state index in [0.717, 1.165) is 5.69 Å². The van der Waals surface area contributed by atoms with Crippen LogP contribution in [-0.2, 0) is 0 Å². The van der Waals surface area contributed by atoms with Gasteiger partial charge in [0.15, 0.2) is 0 Å². The van der Waals surface area contributed by atoms with Crippen LogP contribution in [0, 0.1) is 0 Å². The van der Waals surface area contributed by atoms with Crippen LogP contribution in [0.2, 0.25) is 0 Å². The molecule has 0 atom stereocenters. The summed E-state index contributed by atoms with van der Waals surface area (Å²) >= 11 is 0. The first-order chi connectivity index (χ1) is 10.2. The Hall–Kier alpha value is -3.08. The normalized spacial score (nSPS) is 10.3. The summed E-state index contributed by atoms with van der Waals surface area (Å²) in [6, 6.07) is 15.4. The summed E-state index contributed by atoms with van der Waals surface area (Å²) in [7, 11) is 0. The number of carbonyl (C=O) groups excluding carboxylic acids is 1. The number of aromatic hydroxyl groups is 1. The van der Waals surface area contributed by atoms with E-state index in [9.17, 15) is 9.90 Å². The standard InChI is InChI=1S/C16H13N3O2/c20-15-7-1-4-12(10-15)16(21)18-13-5-2-6-14(11-13)19-9-3-8-17-19/h1-11,20H,(H,18,21). The highest BCUT2D eigenvalue weighted by atomic mass is 16.3. The molecule has 2 N–H and O–H groups in total. The van der Waals surface area contributed by atoms with E-state index >= 15 is 0 Å². The molecule has 5 nitrogen and oxygen atoms in total. The Kier molecular flexibility index (Phi) is 3.39. The van der Waals surface area contributed by atoms with Crippen molar-refractivity contribution in [3.8, 4) is 11.4 Å². The molecule has 0 spiro atoms. The molecule has 1 heterocycles. The summed E-state index contributed by atoms with van der Waals surface area (Å²) in [4.78, 5) is 12.1. The minimum absolute atomic E-state index is 0.0629. The number of hydrogen-bond acceptors (Lipinski definition) is 3. The lowest BCUT2D eigenvalue weighted by atomic mass is 10.2. The average molecular weight is 279 g/mol. The number of nitrogens with one attached hydrogen (secondary N) is 1. The second-order valence-corrected chi connectivity index (χ2v) is 4.51. The van der Waals surface area contributed by atoms with Crippen molar-refractivity contribution >= 4 is 11.6 Å². The van der Waals surface area contributed by atoms with Crippen LogP contribution in [0.25, 0.3) is 5.69 Å². The molecule has 104 valence electrons. The monoisotopic (exact) mass is 279 g/mol. The first-order valence-electron chi connectivity index (χ1n) is 6.43. The van der Waals surface area contributed by atoms with Gasteiger partial charge >= 0.3 is 0 Å². The highest BCUT2D eigenvalue weighted by Crippen LogP contribution is 2.16. The number of nitrogens with zero attached hydrogens (tertiary/aromatic N) is 2. The molecule has 0 radical (unpaired) electrons. The van der Waals surface area contributed by atoms with E-state index in [2.05, 4.69) is 10.4 Å². The van der Waals surface area contributed by atoms with E-state index in [0.29, 0.717) is 11.3 Å². The Morgan fingerprint density at radius 2 is 1.95 bits per heavy atom. The van der Waals surface area contributed by atoms with Gasteiger partial charge in [-0.05, 0) is 42.5 Å². The van der Waals surface area contributed by atoms with Crippen LogP contribution in [-0.4, -0.2) is 20.8 Å². The Bertz CT molecular complexity index is 767. The van der Waals surface area contributed by atoms with Gasteiger partial charge in [0.05, 0.1) is 5.69 Å². The van der Waals surface area contributed by atoms with Crippen LogP contribution >= 0.6 is 0 Å². The third kappa shape index (κ3) is 2.92. The van der Waals surface area contributed by atoms with Crippen molar-refractivity contribution in [2.75, 3.05) is 5.32 Å². The van der Waals surface area contributed by atoms with Crippen molar-refractivity contribution in [1.29, 1.82) is 0 Å². The summed E-state index contributed by atoms with van der Waals surface area (Å²) in [5, 5.41) is 16.3. The third-order valence-corrected chi connectivity index (χ3v) is 2.98. The molecule has 5 heteroatoms. The number of carbonyl (C=O) groups is 1. The average Bonchev–Trinajstić information content (AvgIpc) is 3.02. The van der Waals surface area contributed by atoms with Crippen molar-refractivity contribution < 1.29 is 9.90 Å². The second kappa shape index (κ2) is 5.50. The molecule has 1 aromatic heterocycles. The van der Waals surface area contributed by atoms with Gasteiger partial charge < -0.3 is 10.4 Å². The van der Waals surface area contributed by atoms with Gasteiger partial charge in [-0.3, -0.25) is 4.79 Å². The van der Waals surface area contributed by atoms with Gasteiger partial charge in [-0.15, -0.1) is 0 Å². The molecule has 0 saturated carbocycles. The number of anilines is 1. The SMILES string of the molecule is O=C(Nc1cccc(-n2cccn2)c1)c1cccc(O)c1. The van der Waals surface area contributed by atoms with Gasteiger partial charge in [0.2, 0.25) is 0 Å². The molecule has 0 bridgehead atoms. The molecule has 0 unspecified atom stereocenters. The molecule has 21 heavy (non-hydrogen) atoms. The molecule has 3 rings (SSSR count). The number of aromatic nitrogens is 2. The first kappa shape index (κ1) is 12.9. The maximum Gasteiger partial charge on any atom is 0.255 e. The largest absolute Gasteiger partial charge is 0.508 e. The van der Waals surface area contributed by atoms with E-state index in [4.69, 9.17) is 0 Å². The van der Waals surface area contributed by atoms with Crippen molar-refractivity contribution in [3.63, 3.8) is 0 Å². The third-order valence-electron chi connectivity index (χ3n) is 2.98. The predicted octanol–water partition coefficient (Wildman–Crippen LogP) is 2.83. The van der Waals surface area contributed by atoms with Crippen molar-refractivity contribution in [2.24, 2.45) is 0 Å². The Balaban J connectivity index is 1.82. The summed E-state index contributed by atoms with van der Waals surface area (Å²) < 4.78 is 1.71. The summed E-state index contributed by atoms with van der Waals surface area (Å²) in [5.74, 6) is -0.212. The van der Waals surface area contributed by atoms with Gasteiger partial charge in [0.1, 0.15) is 5.75 Å². The minimum atomic E-state index is -0.275.